The number of hydrogen-bond acceptors (Lipinski definition) is 6. The van der Waals surface area contributed by atoms with Crippen LogP contribution in [0.5, 0.6) is 11.5 Å². The van der Waals surface area contributed by atoms with Crippen molar-refractivity contribution in [3.05, 3.63) is 30.2 Å². The van der Waals surface area contributed by atoms with Crippen LogP contribution in [-0.2, 0) is 4.74 Å². The van der Waals surface area contributed by atoms with Crippen LogP contribution in [-0.4, -0.2) is 30.3 Å². The van der Waals surface area contributed by atoms with Gasteiger partial charge < -0.3 is 18.6 Å². The largest absolute Gasteiger partial charge is 0.487 e. The Balaban J connectivity index is 2.32. The number of halogens is 2. The first-order valence-electron chi connectivity index (χ1n) is 7.29. The molecule has 1 aromatic carbocycles. The third kappa shape index (κ3) is 4.43. The minimum absolute atomic E-state index is 0.0195. The van der Waals surface area contributed by atoms with E-state index < -0.39 is 12.6 Å². The van der Waals surface area contributed by atoms with E-state index in [0.717, 1.165) is 0 Å². The smallest absolute Gasteiger partial charge is 0.387 e. The monoisotopic (exact) mass is 341 g/mol. The first-order chi connectivity index (χ1) is 11.4. The molecule has 6 nitrogen and oxygen atoms in total. The van der Waals surface area contributed by atoms with Crippen LogP contribution in [0.4, 0.5) is 8.78 Å². The molecule has 0 saturated heterocycles. The van der Waals surface area contributed by atoms with Gasteiger partial charge in [-0.2, -0.15) is 8.78 Å². The van der Waals surface area contributed by atoms with E-state index in [1.807, 2.05) is 0 Å². The van der Waals surface area contributed by atoms with Crippen molar-refractivity contribution in [3.8, 4) is 23.0 Å². The third-order valence-electron chi connectivity index (χ3n) is 2.76. The molecule has 0 amide bonds. The average Bonchev–Trinajstić information content (AvgIpc) is 2.98. The number of esters is 1. The third-order valence-corrected chi connectivity index (χ3v) is 2.76. The van der Waals surface area contributed by atoms with E-state index in [4.69, 9.17) is 13.9 Å². The second-order valence-electron chi connectivity index (χ2n) is 4.96. The molecule has 1 heterocycles. The molecule has 0 radical (unpaired) electrons. The van der Waals surface area contributed by atoms with Gasteiger partial charge in [-0.15, -0.1) is 0 Å². The molecule has 0 spiro atoms. The molecule has 0 unspecified atom stereocenters. The second-order valence-corrected chi connectivity index (χ2v) is 4.96. The fourth-order valence-electron chi connectivity index (χ4n) is 1.89. The number of rotatable bonds is 7. The van der Waals surface area contributed by atoms with E-state index >= 15 is 0 Å². The molecule has 0 aliphatic heterocycles. The van der Waals surface area contributed by atoms with Crippen molar-refractivity contribution in [2.75, 3.05) is 6.61 Å². The maximum absolute atomic E-state index is 12.5. The fourth-order valence-corrected chi connectivity index (χ4v) is 1.89. The molecular weight excluding hydrogens is 324 g/mol. The van der Waals surface area contributed by atoms with Gasteiger partial charge in [0.15, 0.2) is 17.2 Å². The zero-order valence-electron chi connectivity index (χ0n) is 13.4. The average molecular weight is 341 g/mol. The molecular formula is C16H17F2NO5. The van der Waals surface area contributed by atoms with E-state index in [-0.39, 0.29) is 35.8 Å². The molecule has 0 fully saturated rings. The number of aromatic nitrogens is 1. The highest BCUT2D eigenvalue weighted by molar-refractivity contribution is 5.87. The summed E-state index contributed by atoms with van der Waals surface area (Å²) in [5.41, 5.74) is 0.467. The van der Waals surface area contributed by atoms with Gasteiger partial charge in [-0.25, -0.2) is 9.78 Å². The van der Waals surface area contributed by atoms with Gasteiger partial charge in [-0.05, 0) is 39.0 Å². The van der Waals surface area contributed by atoms with E-state index in [1.54, 1.807) is 20.8 Å². The quantitative estimate of drug-likeness (QED) is 0.711. The topological polar surface area (TPSA) is 70.8 Å². The molecule has 0 N–H and O–H groups in total. The minimum Gasteiger partial charge on any atom is -0.487 e. The van der Waals surface area contributed by atoms with Gasteiger partial charge in [-0.1, -0.05) is 0 Å². The Labute approximate surface area is 137 Å². The zero-order chi connectivity index (χ0) is 17.7. The Morgan fingerprint density at radius 1 is 1.25 bits per heavy atom. The minimum atomic E-state index is -2.97. The summed E-state index contributed by atoms with van der Waals surface area (Å²) in [6.07, 6.45) is 0.916. The van der Waals surface area contributed by atoms with Crippen molar-refractivity contribution in [1.29, 1.82) is 0 Å². The van der Waals surface area contributed by atoms with Gasteiger partial charge >= 0.3 is 12.6 Å². The Morgan fingerprint density at radius 3 is 2.62 bits per heavy atom. The summed E-state index contributed by atoms with van der Waals surface area (Å²) in [6.45, 7) is 2.43. The molecule has 2 rings (SSSR count). The van der Waals surface area contributed by atoms with Crippen molar-refractivity contribution in [2.45, 2.75) is 33.5 Å². The van der Waals surface area contributed by atoms with Crippen molar-refractivity contribution >= 4 is 5.97 Å². The van der Waals surface area contributed by atoms with Crippen molar-refractivity contribution in [3.63, 3.8) is 0 Å². The summed E-state index contributed by atoms with van der Waals surface area (Å²) in [5, 5.41) is 0. The highest BCUT2D eigenvalue weighted by atomic mass is 19.3. The lowest BCUT2D eigenvalue weighted by Crippen LogP contribution is -2.09. The van der Waals surface area contributed by atoms with E-state index in [9.17, 15) is 13.6 Å². The molecule has 0 aliphatic rings. The Bertz CT molecular complexity index is 700. The Kier molecular flexibility index (Phi) is 5.73. The van der Waals surface area contributed by atoms with Crippen LogP contribution in [0.3, 0.4) is 0 Å². The molecule has 0 aliphatic carbocycles. The number of nitrogens with zero attached hydrogens (tertiary/aromatic N) is 1. The first-order valence-corrected chi connectivity index (χ1v) is 7.29. The number of benzene rings is 1. The summed E-state index contributed by atoms with van der Waals surface area (Å²) in [6, 6.07) is 4.26. The normalized spacial score (nSPS) is 11.0. The summed E-state index contributed by atoms with van der Waals surface area (Å²) >= 11 is 0. The SMILES string of the molecule is CCOC(=O)c1coc(-c2ccc(OC(F)F)c(OC(C)C)c2)n1. The van der Waals surface area contributed by atoms with Gasteiger partial charge in [0.05, 0.1) is 12.7 Å². The molecule has 0 bridgehead atoms. The number of hydrogen-bond donors (Lipinski definition) is 0. The number of alkyl halides is 2. The van der Waals surface area contributed by atoms with E-state index in [2.05, 4.69) is 9.72 Å². The molecule has 24 heavy (non-hydrogen) atoms. The maximum Gasteiger partial charge on any atom is 0.387 e. The van der Waals surface area contributed by atoms with Crippen LogP contribution in [0.25, 0.3) is 11.5 Å². The van der Waals surface area contributed by atoms with Crippen LogP contribution >= 0.6 is 0 Å². The predicted octanol–water partition coefficient (Wildman–Crippen LogP) is 3.91. The molecule has 1 aromatic heterocycles. The molecule has 0 atom stereocenters. The van der Waals surface area contributed by atoms with E-state index in [0.29, 0.717) is 5.56 Å². The maximum atomic E-state index is 12.5. The highest BCUT2D eigenvalue weighted by Gasteiger charge is 2.18. The summed E-state index contributed by atoms with van der Waals surface area (Å²) in [4.78, 5) is 15.6. The zero-order valence-corrected chi connectivity index (χ0v) is 13.4. The summed E-state index contributed by atoms with van der Waals surface area (Å²) < 4.78 is 44.9. The van der Waals surface area contributed by atoms with Crippen LogP contribution in [0.15, 0.2) is 28.9 Å². The highest BCUT2D eigenvalue weighted by Crippen LogP contribution is 2.34. The predicted molar refractivity (Wildman–Crippen MR) is 80.3 cm³/mol. The molecule has 130 valence electrons. The number of carbonyl (C=O) groups is 1. The lowest BCUT2D eigenvalue weighted by atomic mass is 10.2. The lowest BCUT2D eigenvalue weighted by Gasteiger charge is -2.15. The van der Waals surface area contributed by atoms with Crippen LogP contribution < -0.4 is 9.47 Å². The van der Waals surface area contributed by atoms with Crippen LogP contribution in [0.1, 0.15) is 31.3 Å². The first kappa shape index (κ1) is 17.7. The Hall–Kier alpha value is -2.64. The van der Waals surface area contributed by atoms with Gasteiger partial charge in [0.25, 0.3) is 0 Å². The van der Waals surface area contributed by atoms with Gasteiger partial charge in [0, 0.05) is 5.56 Å². The van der Waals surface area contributed by atoms with Gasteiger partial charge in [0.1, 0.15) is 6.26 Å². The van der Waals surface area contributed by atoms with Crippen LogP contribution in [0.2, 0.25) is 0 Å². The second kappa shape index (κ2) is 7.76. The number of oxazole rings is 1. The summed E-state index contributed by atoms with van der Waals surface area (Å²) in [5.74, 6) is -0.447. The summed E-state index contributed by atoms with van der Waals surface area (Å²) in [7, 11) is 0. The Morgan fingerprint density at radius 2 is 2.00 bits per heavy atom. The van der Waals surface area contributed by atoms with Gasteiger partial charge in [0.2, 0.25) is 5.89 Å². The molecule has 8 heteroatoms. The number of carbonyl (C=O) groups excluding carboxylic acids is 1. The van der Waals surface area contributed by atoms with Crippen molar-refractivity contribution in [1.82, 2.24) is 4.98 Å². The van der Waals surface area contributed by atoms with Crippen LogP contribution in [0, 0.1) is 0 Å². The molecule has 0 saturated carbocycles. The van der Waals surface area contributed by atoms with Gasteiger partial charge in [-0.3, -0.25) is 0 Å². The van der Waals surface area contributed by atoms with Crippen molar-refractivity contribution in [2.24, 2.45) is 0 Å². The standard InChI is InChI=1S/C16H17F2NO5/c1-4-21-15(20)11-8-22-14(19-11)10-5-6-12(24-16(17)18)13(7-10)23-9(2)3/h5-9,16H,4H2,1-3H3. The number of ether oxygens (including phenoxy) is 3. The van der Waals surface area contributed by atoms with Crippen molar-refractivity contribution < 1.29 is 32.2 Å². The fraction of sp³-hybridized carbons (Fsp3) is 0.375. The van der Waals surface area contributed by atoms with E-state index in [1.165, 1.54) is 24.5 Å². The lowest BCUT2D eigenvalue weighted by molar-refractivity contribution is -0.0518. The molecule has 2 aromatic rings.